The molecule has 0 radical (unpaired) electrons. The largest absolute Gasteiger partial charge is 0.423 e. The van der Waals surface area contributed by atoms with Crippen molar-refractivity contribution in [1.29, 1.82) is 0 Å². The summed E-state index contributed by atoms with van der Waals surface area (Å²) in [5.74, 6) is 0. The molecule has 4 nitrogen and oxygen atoms in total. The van der Waals surface area contributed by atoms with E-state index < -0.39 is 0 Å². The van der Waals surface area contributed by atoms with E-state index in [2.05, 4.69) is 23.1 Å². The lowest BCUT2D eigenvalue weighted by Crippen LogP contribution is -3.13. The molecule has 1 saturated heterocycles. The zero-order valence-corrected chi connectivity index (χ0v) is 16.6. The topological polar surface area (TPSA) is 37.9 Å². The summed E-state index contributed by atoms with van der Waals surface area (Å²) in [6.45, 7) is 4.93. The fourth-order valence-corrected chi connectivity index (χ4v) is 4.83. The molecule has 1 aromatic heterocycles. The van der Waals surface area contributed by atoms with Crippen molar-refractivity contribution in [2.24, 2.45) is 0 Å². The first-order chi connectivity index (χ1) is 13.7. The molecule has 5 heteroatoms. The van der Waals surface area contributed by atoms with Crippen LogP contribution in [0.3, 0.4) is 0 Å². The van der Waals surface area contributed by atoms with Gasteiger partial charge < -0.3 is 14.2 Å². The molecule has 0 saturated carbocycles. The Morgan fingerprint density at radius 3 is 2.61 bits per heavy atom. The highest BCUT2D eigenvalue weighted by atomic mass is 35.5. The third-order valence-corrected chi connectivity index (χ3v) is 6.36. The predicted molar refractivity (Wildman–Crippen MR) is 113 cm³/mol. The quantitative estimate of drug-likeness (QED) is 0.693. The van der Waals surface area contributed by atoms with Crippen molar-refractivity contribution >= 4 is 28.3 Å². The van der Waals surface area contributed by atoms with Crippen molar-refractivity contribution in [3.05, 3.63) is 74.6 Å². The monoisotopic (exact) mass is 395 g/mol. The van der Waals surface area contributed by atoms with E-state index in [9.17, 15) is 4.79 Å². The third-order valence-electron chi connectivity index (χ3n) is 6.13. The van der Waals surface area contributed by atoms with Crippen LogP contribution in [-0.2, 0) is 19.4 Å². The van der Waals surface area contributed by atoms with Gasteiger partial charge in [0.15, 0.2) is 0 Å². The highest BCUT2D eigenvalue weighted by molar-refractivity contribution is 6.30. The van der Waals surface area contributed by atoms with Crippen molar-refractivity contribution in [1.82, 2.24) is 0 Å². The van der Waals surface area contributed by atoms with Gasteiger partial charge in [-0.2, -0.15) is 0 Å². The molecular weight excluding hydrogens is 372 g/mol. The van der Waals surface area contributed by atoms with E-state index in [-0.39, 0.29) is 5.63 Å². The number of hydrogen-bond donors (Lipinski definition) is 1. The summed E-state index contributed by atoms with van der Waals surface area (Å²) >= 11 is 6.14. The lowest BCUT2D eigenvalue weighted by Gasteiger charge is -2.33. The van der Waals surface area contributed by atoms with Crippen LogP contribution in [0.5, 0.6) is 0 Å². The highest BCUT2D eigenvalue weighted by Crippen LogP contribution is 2.28. The molecule has 0 spiro atoms. The van der Waals surface area contributed by atoms with Crippen LogP contribution in [0.4, 0.5) is 5.69 Å². The molecule has 1 aliphatic carbocycles. The van der Waals surface area contributed by atoms with Crippen molar-refractivity contribution < 1.29 is 9.32 Å². The minimum atomic E-state index is -0.239. The average Bonchev–Trinajstić information content (AvgIpc) is 3.14. The summed E-state index contributed by atoms with van der Waals surface area (Å²) in [5.41, 5.74) is 5.58. The summed E-state index contributed by atoms with van der Waals surface area (Å²) in [4.78, 5) is 16.0. The molecule has 2 heterocycles. The first kappa shape index (κ1) is 17.8. The minimum Gasteiger partial charge on any atom is -0.423 e. The number of hydrogen-bond acceptors (Lipinski definition) is 3. The molecule has 3 aromatic rings. The van der Waals surface area contributed by atoms with E-state index in [0.29, 0.717) is 0 Å². The molecule has 0 unspecified atom stereocenters. The van der Waals surface area contributed by atoms with Crippen molar-refractivity contribution in [3.63, 3.8) is 0 Å². The predicted octanol–water partition coefficient (Wildman–Crippen LogP) is 2.84. The van der Waals surface area contributed by atoms with E-state index in [4.69, 9.17) is 16.0 Å². The first-order valence-electron chi connectivity index (χ1n) is 10.1. The number of halogens is 1. The molecule has 1 aliphatic heterocycles. The van der Waals surface area contributed by atoms with E-state index in [1.54, 1.807) is 6.07 Å². The molecule has 28 heavy (non-hydrogen) atoms. The number of benzene rings is 2. The van der Waals surface area contributed by atoms with Crippen molar-refractivity contribution in [2.45, 2.75) is 25.8 Å². The molecule has 144 valence electrons. The Morgan fingerprint density at radius 2 is 1.82 bits per heavy atom. The van der Waals surface area contributed by atoms with Gasteiger partial charge in [0.2, 0.25) is 0 Å². The van der Waals surface area contributed by atoms with Crippen LogP contribution in [0.15, 0.2) is 51.7 Å². The first-order valence-corrected chi connectivity index (χ1v) is 10.5. The number of quaternary nitrogens is 1. The summed E-state index contributed by atoms with van der Waals surface area (Å²) in [6.07, 6.45) is 3.42. The molecular formula is C23H24ClN2O2+. The lowest BCUT2D eigenvalue weighted by atomic mass is 10.0. The van der Waals surface area contributed by atoms with Gasteiger partial charge in [-0.05, 0) is 60.7 Å². The zero-order valence-electron chi connectivity index (χ0n) is 15.8. The van der Waals surface area contributed by atoms with Gasteiger partial charge >= 0.3 is 5.63 Å². The Morgan fingerprint density at radius 1 is 1.04 bits per heavy atom. The van der Waals surface area contributed by atoms with Gasteiger partial charge in [0.05, 0.1) is 26.2 Å². The second-order valence-corrected chi connectivity index (χ2v) is 8.39. The Bertz CT molecular complexity index is 1080. The van der Waals surface area contributed by atoms with E-state index >= 15 is 0 Å². The third kappa shape index (κ3) is 3.43. The lowest BCUT2D eigenvalue weighted by molar-refractivity contribution is -0.914. The van der Waals surface area contributed by atoms with E-state index in [1.165, 1.54) is 28.1 Å². The van der Waals surface area contributed by atoms with Gasteiger partial charge in [-0.1, -0.05) is 17.7 Å². The minimum absolute atomic E-state index is 0.239. The van der Waals surface area contributed by atoms with E-state index in [1.807, 2.05) is 18.2 Å². The number of piperazine rings is 1. The maximum atomic E-state index is 12.1. The van der Waals surface area contributed by atoms with Gasteiger partial charge in [-0.3, -0.25) is 0 Å². The zero-order chi connectivity index (χ0) is 19.1. The van der Waals surface area contributed by atoms with Crippen LogP contribution in [0.25, 0.3) is 11.0 Å². The van der Waals surface area contributed by atoms with Gasteiger partial charge in [-0.25, -0.2) is 4.79 Å². The number of nitrogens with one attached hydrogen (secondary N) is 1. The van der Waals surface area contributed by atoms with Crippen LogP contribution in [0, 0.1) is 0 Å². The van der Waals surface area contributed by atoms with Crippen molar-refractivity contribution in [2.75, 3.05) is 31.1 Å². The number of anilines is 1. The van der Waals surface area contributed by atoms with Crippen LogP contribution < -0.4 is 15.4 Å². The number of rotatable bonds is 3. The average molecular weight is 396 g/mol. The Balaban J connectivity index is 1.36. The molecule has 2 aromatic carbocycles. The summed E-state index contributed by atoms with van der Waals surface area (Å²) in [5, 5.41) is 1.90. The Hall–Kier alpha value is -2.30. The molecule has 2 aliphatic rings. The molecule has 1 N–H and O–H groups in total. The maximum absolute atomic E-state index is 12.1. The van der Waals surface area contributed by atoms with Crippen LogP contribution in [0.1, 0.15) is 23.1 Å². The van der Waals surface area contributed by atoms with Crippen LogP contribution in [0.2, 0.25) is 5.02 Å². The number of nitrogens with zero attached hydrogens (tertiary/aromatic N) is 1. The molecule has 0 amide bonds. The smallest absolute Gasteiger partial charge is 0.336 e. The fraction of sp³-hybridized carbons (Fsp3) is 0.348. The van der Waals surface area contributed by atoms with Gasteiger partial charge in [0, 0.05) is 27.7 Å². The Labute approximate surface area is 169 Å². The standard InChI is InChI=1S/C23H23ClN2O2/c24-19-5-2-6-20(14-19)26-9-7-25(8-10-26)15-18-13-23(27)28-22-12-17-4-1-3-16(17)11-21(18)22/h2,5-6,11-14H,1,3-4,7-10,15H2/p+1. The number of aryl methyl sites for hydroxylation is 2. The summed E-state index contributed by atoms with van der Waals surface area (Å²) in [6, 6.07) is 14.1. The van der Waals surface area contributed by atoms with Crippen molar-refractivity contribution in [3.8, 4) is 0 Å². The van der Waals surface area contributed by atoms with Crippen LogP contribution >= 0.6 is 11.6 Å². The molecule has 0 atom stereocenters. The van der Waals surface area contributed by atoms with Gasteiger partial charge in [-0.15, -0.1) is 0 Å². The van der Waals surface area contributed by atoms with Crippen LogP contribution in [-0.4, -0.2) is 26.2 Å². The Kier molecular flexibility index (Phi) is 4.61. The maximum Gasteiger partial charge on any atom is 0.336 e. The fourth-order valence-electron chi connectivity index (χ4n) is 4.64. The van der Waals surface area contributed by atoms with Gasteiger partial charge in [0.25, 0.3) is 0 Å². The second-order valence-electron chi connectivity index (χ2n) is 7.96. The highest BCUT2D eigenvalue weighted by Gasteiger charge is 2.22. The second kappa shape index (κ2) is 7.26. The van der Waals surface area contributed by atoms with E-state index in [0.717, 1.165) is 67.1 Å². The molecule has 5 rings (SSSR count). The SMILES string of the molecule is O=c1cc(C[NH+]2CCN(c3cccc(Cl)c3)CC2)c2cc3c(cc2o1)CCC3. The number of fused-ring (bicyclic) bond motifs is 2. The molecule has 0 bridgehead atoms. The summed E-state index contributed by atoms with van der Waals surface area (Å²) in [7, 11) is 0. The molecule has 1 fully saturated rings. The van der Waals surface area contributed by atoms with Gasteiger partial charge in [0.1, 0.15) is 12.1 Å². The summed E-state index contributed by atoms with van der Waals surface area (Å²) < 4.78 is 5.52. The normalized spacial score (nSPS) is 17.2.